The SMILES string of the molecule is CSc1ccc(C(=O)OCC(=O)Nc2ccc(C)cc2C)cc1. The van der Waals surface area contributed by atoms with Gasteiger partial charge in [0.1, 0.15) is 0 Å². The molecular weight excluding hydrogens is 310 g/mol. The van der Waals surface area contributed by atoms with Crippen molar-refractivity contribution in [1.82, 2.24) is 0 Å². The zero-order valence-corrected chi connectivity index (χ0v) is 14.2. The minimum Gasteiger partial charge on any atom is -0.452 e. The molecule has 0 heterocycles. The molecule has 4 nitrogen and oxygen atoms in total. The highest BCUT2D eigenvalue weighted by atomic mass is 32.2. The lowest BCUT2D eigenvalue weighted by molar-refractivity contribution is -0.119. The van der Waals surface area contributed by atoms with Gasteiger partial charge < -0.3 is 10.1 Å². The minimum absolute atomic E-state index is 0.309. The van der Waals surface area contributed by atoms with Crippen LogP contribution in [0, 0.1) is 13.8 Å². The minimum atomic E-state index is -0.506. The van der Waals surface area contributed by atoms with Crippen molar-refractivity contribution in [2.75, 3.05) is 18.2 Å². The molecule has 0 aliphatic heterocycles. The van der Waals surface area contributed by atoms with Crippen LogP contribution < -0.4 is 5.32 Å². The van der Waals surface area contributed by atoms with Gasteiger partial charge in [-0.25, -0.2) is 4.79 Å². The zero-order valence-electron chi connectivity index (χ0n) is 13.4. The fourth-order valence-electron chi connectivity index (χ4n) is 2.08. The molecule has 0 atom stereocenters. The maximum Gasteiger partial charge on any atom is 0.338 e. The molecule has 0 saturated heterocycles. The molecule has 23 heavy (non-hydrogen) atoms. The van der Waals surface area contributed by atoms with Crippen LogP contribution in [0.25, 0.3) is 0 Å². The standard InChI is InChI=1S/C18H19NO3S/c1-12-4-9-16(13(2)10-12)19-17(20)11-22-18(21)14-5-7-15(23-3)8-6-14/h4-10H,11H2,1-3H3,(H,19,20). The van der Waals surface area contributed by atoms with Crippen molar-refractivity contribution < 1.29 is 14.3 Å². The summed E-state index contributed by atoms with van der Waals surface area (Å²) in [6.45, 7) is 3.60. The number of hydrogen-bond acceptors (Lipinski definition) is 4. The van der Waals surface area contributed by atoms with E-state index in [0.29, 0.717) is 5.56 Å². The predicted octanol–water partition coefficient (Wildman–Crippen LogP) is 3.82. The third-order valence-electron chi connectivity index (χ3n) is 3.32. The number of carbonyl (C=O) groups excluding carboxylic acids is 2. The molecular formula is C18H19NO3S. The molecule has 0 aliphatic rings. The van der Waals surface area contributed by atoms with Crippen LogP contribution >= 0.6 is 11.8 Å². The lowest BCUT2D eigenvalue weighted by Crippen LogP contribution is -2.21. The molecule has 5 heteroatoms. The van der Waals surface area contributed by atoms with Crippen LogP contribution in [0.15, 0.2) is 47.4 Å². The molecule has 1 amide bonds. The number of amides is 1. The van der Waals surface area contributed by atoms with Gasteiger partial charge in [-0.15, -0.1) is 11.8 Å². The van der Waals surface area contributed by atoms with Crippen molar-refractivity contribution in [3.63, 3.8) is 0 Å². The highest BCUT2D eigenvalue weighted by Gasteiger charge is 2.11. The van der Waals surface area contributed by atoms with Gasteiger partial charge in [0.2, 0.25) is 0 Å². The maximum atomic E-state index is 11.9. The largest absolute Gasteiger partial charge is 0.452 e. The fourth-order valence-corrected chi connectivity index (χ4v) is 2.49. The number of esters is 1. The number of aryl methyl sites for hydroxylation is 2. The molecule has 0 bridgehead atoms. The van der Waals surface area contributed by atoms with Crippen LogP contribution in [0.2, 0.25) is 0 Å². The number of hydrogen-bond donors (Lipinski definition) is 1. The van der Waals surface area contributed by atoms with Crippen molar-refractivity contribution in [3.05, 3.63) is 59.2 Å². The summed E-state index contributed by atoms with van der Waals surface area (Å²) in [7, 11) is 0. The van der Waals surface area contributed by atoms with Crippen molar-refractivity contribution in [1.29, 1.82) is 0 Å². The average molecular weight is 329 g/mol. The Morgan fingerprint density at radius 3 is 2.39 bits per heavy atom. The summed E-state index contributed by atoms with van der Waals surface area (Å²) in [5.41, 5.74) is 3.25. The monoisotopic (exact) mass is 329 g/mol. The van der Waals surface area contributed by atoms with E-state index in [4.69, 9.17) is 4.74 Å². The molecule has 0 aromatic heterocycles. The summed E-state index contributed by atoms with van der Waals surface area (Å²) in [5.74, 6) is -0.862. The van der Waals surface area contributed by atoms with Gasteiger partial charge in [0.05, 0.1) is 5.56 Å². The Kier molecular flexibility index (Phi) is 5.82. The van der Waals surface area contributed by atoms with Crippen molar-refractivity contribution >= 4 is 29.3 Å². The molecule has 0 unspecified atom stereocenters. The van der Waals surface area contributed by atoms with E-state index in [2.05, 4.69) is 5.32 Å². The second kappa shape index (κ2) is 7.83. The van der Waals surface area contributed by atoms with E-state index in [1.807, 2.05) is 50.4 Å². The van der Waals surface area contributed by atoms with Crippen LogP contribution in [0.1, 0.15) is 21.5 Å². The topological polar surface area (TPSA) is 55.4 Å². The normalized spacial score (nSPS) is 10.2. The van der Waals surface area contributed by atoms with Crippen LogP contribution in [0.3, 0.4) is 0 Å². The van der Waals surface area contributed by atoms with Crippen LogP contribution in [0.5, 0.6) is 0 Å². The van der Waals surface area contributed by atoms with Crippen LogP contribution in [-0.2, 0) is 9.53 Å². The number of thioether (sulfide) groups is 1. The molecule has 0 spiro atoms. The van der Waals surface area contributed by atoms with Gasteiger partial charge in [-0.1, -0.05) is 17.7 Å². The fraction of sp³-hybridized carbons (Fsp3) is 0.222. The lowest BCUT2D eigenvalue weighted by Gasteiger charge is -2.09. The van der Waals surface area contributed by atoms with E-state index in [-0.39, 0.29) is 12.5 Å². The van der Waals surface area contributed by atoms with Crippen LogP contribution in [0.4, 0.5) is 5.69 Å². The third kappa shape index (κ3) is 4.86. The Morgan fingerprint density at radius 2 is 1.78 bits per heavy atom. The molecule has 2 aromatic rings. The van der Waals surface area contributed by atoms with Crippen molar-refractivity contribution in [3.8, 4) is 0 Å². The first-order valence-corrected chi connectivity index (χ1v) is 8.40. The Labute approximate surface area is 140 Å². The molecule has 120 valence electrons. The van der Waals surface area contributed by atoms with Crippen molar-refractivity contribution in [2.24, 2.45) is 0 Å². The Bertz CT molecular complexity index is 711. The first-order valence-electron chi connectivity index (χ1n) is 7.18. The van der Waals surface area contributed by atoms with E-state index in [9.17, 15) is 9.59 Å². The molecule has 0 aliphatic carbocycles. The molecule has 0 saturated carbocycles. The molecule has 2 aromatic carbocycles. The Hall–Kier alpha value is -2.27. The van der Waals surface area contributed by atoms with Gasteiger partial charge in [-0.05, 0) is 56.0 Å². The van der Waals surface area contributed by atoms with Gasteiger partial charge >= 0.3 is 5.97 Å². The average Bonchev–Trinajstić information content (AvgIpc) is 2.55. The molecule has 2 rings (SSSR count). The summed E-state index contributed by atoms with van der Waals surface area (Å²) in [6.07, 6.45) is 1.96. The van der Waals surface area contributed by atoms with Crippen molar-refractivity contribution in [2.45, 2.75) is 18.7 Å². The number of nitrogens with one attached hydrogen (secondary N) is 1. The Balaban J connectivity index is 1.89. The molecule has 1 N–H and O–H groups in total. The quantitative estimate of drug-likeness (QED) is 0.669. The highest BCUT2D eigenvalue weighted by Crippen LogP contribution is 2.17. The highest BCUT2D eigenvalue weighted by molar-refractivity contribution is 7.98. The van der Waals surface area contributed by atoms with Gasteiger partial charge in [-0.2, -0.15) is 0 Å². The van der Waals surface area contributed by atoms with Gasteiger partial charge in [0.25, 0.3) is 5.91 Å². The Morgan fingerprint density at radius 1 is 1.09 bits per heavy atom. The number of carbonyl (C=O) groups is 2. The number of anilines is 1. The van der Waals surface area contributed by atoms with Gasteiger partial charge in [0.15, 0.2) is 6.61 Å². The third-order valence-corrected chi connectivity index (χ3v) is 4.06. The lowest BCUT2D eigenvalue weighted by atomic mass is 10.1. The summed E-state index contributed by atoms with van der Waals surface area (Å²) in [5, 5.41) is 2.74. The van der Waals surface area contributed by atoms with Gasteiger partial charge in [0, 0.05) is 10.6 Å². The summed E-state index contributed by atoms with van der Waals surface area (Å²) in [6, 6.07) is 12.8. The van der Waals surface area contributed by atoms with E-state index >= 15 is 0 Å². The maximum absolute atomic E-state index is 11.9. The smallest absolute Gasteiger partial charge is 0.338 e. The summed E-state index contributed by atoms with van der Waals surface area (Å²) < 4.78 is 5.04. The van der Waals surface area contributed by atoms with Gasteiger partial charge in [-0.3, -0.25) is 4.79 Å². The second-order valence-corrected chi connectivity index (χ2v) is 6.05. The predicted molar refractivity (Wildman–Crippen MR) is 93.1 cm³/mol. The first kappa shape index (κ1) is 17.1. The summed E-state index contributed by atoms with van der Waals surface area (Å²) in [4.78, 5) is 24.9. The number of rotatable bonds is 5. The van der Waals surface area contributed by atoms with Crippen LogP contribution in [-0.4, -0.2) is 24.7 Å². The zero-order chi connectivity index (χ0) is 16.8. The summed E-state index contributed by atoms with van der Waals surface area (Å²) >= 11 is 1.59. The molecule has 0 fully saturated rings. The number of ether oxygens (including phenoxy) is 1. The van der Waals surface area contributed by atoms with E-state index < -0.39 is 5.97 Å². The first-order chi connectivity index (χ1) is 11.0. The second-order valence-electron chi connectivity index (χ2n) is 5.17. The van der Waals surface area contributed by atoms with E-state index in [1.54, 1.807) is 23.9 Å². The van der Waals surface area contributed by atoms with E-state index in [1.165, 1.54) is 0 Å². The molecule has 0 radical (unpaired) electrons. The number of benzene rings is 2. The van der Waals surface area contributed by atoms with E-state index in [0.717, 1.165) is 21.7 Å².